The van der Waals surface area contributed by atoms with Crippen molar-refractivity contribution in [2.45, 2.75) is 22.6 Å². The molecule has 0 fully saturated rings. The summed E-state index contributed by atoms with van der Waals surface area (Å²) in [7, 11) is -6.02. The quantitative estimate of drug-likeness (QED) is 0.780. The molecule has 3 N–H and O–H groups in total. The standard InChI is InChI=1S/C10H14N4O4S3/c1-7-9(6-14(2)13-7)21(17,18)12-5-8-3-4-19-10(8)20(11,15)16/h3-4,6,12H,5H2,1-2H3,(H2,11,15,16). The molecule has 0 spiro atoms. The van der Waals surface area contributed by atoms with E-state index < -0.39 is 20.0 Å². The third kappa shape index (κ3) is 3.49. The molecular formula is C10H14N4O4S3. The first kappa shape index (κ1) is 16.1. The predicted octanol–water partition coefficient (Wildman–Crippen LogP) is -0.0841. The molecule has 11 heteroatoms. The molecule has 2 rings (SSSR count). The summed E-state index contributed by atoms with van der Waals surface area (Å²) in [6.07, 6.45) is 1.38. The molecule has 21 heavy (non-hydrogen) atoms. The van der Waals surface area contributed by atoms with Gasteiger partial charge in [0.15, 0.2) is 0 Å². The molecule has 0 aromatic carbocycles. The molecule has 0 amide bonds. The fraction of sp³-hybridized carbons (Fsp3) is 0.300. The lowest BCUT2D eigenvalue weighted by atomic mass is 10.3. The largest absolute Gasteiger partial charge is 0.274 e. The van der Waals surface area contributed by atoms with Crippen molar-refractivity contribution in [3.63, 3.8) is 0 Å². The summed E-state index contributed by atoms with van der Waals surface area (Å²) >= 11 is 0.946. The van der Waals surface area contributed by atoms with Crippen LogP contribution in [0.1, 0.15) is 11.3 Å². The molecule has 0 aliphatic heterocycles. The van der Waals surface area contributed by atoms with Gasteiger partial charge in [0.25, 0.3) is 0 Å². The maximum Gasteiger partial charge on any atom is 0.247 e. The first-order valence-corrected chi connectivity index (χ1v) is 9.61. The second-order valence-corrected chi connectivity index (χ2v) is 8.76. The van der Waals surface area contributed by atoms with Crippen molar-refractivity contribution in [3.8, 4) is 0 Å². The van der Waals surface area contributed by atoms with Crippen LogP contribution in [-0.4, -0.2) is 26.6 Å². The zero-order valence-corrected chi connectivity index (χ0v) is 13.7. The Morgan fingerprint density at radius 2 is 2.05 bits per heavy atom. The topological polar surface area (TPSA) is 124 Å². The van der Waals surface area contributed by atoms with Gasteiger partial charge in [0.2, 0.25) is 20.0 Å². The van der Waals surface area contributed by atoms with Crippen LogP contribution in [0.5, 0.6) is 0 Å². The summed E-state index contributed by atoms with van der Waals surface area (Å²) in [6.45, 7) is 1.42. The maximum atomic E-state index is 12.2. The van der Waals surface area contributed by atoms with Gasteiger partial charge in [-0.25, -0.2) is 26.7 Å². The molecule has 0 atom stereocenters. The lowest BCUT2D eigenvalue weighted by Gasteiger charge is -2.06. The van der Waals surface area contributed by atoms with Crippen molar-refractivity contribution in [2.75, 3.05) is 0 Å². The first-order chi connectivity index (χ1) is 9.61. The second-order valence-electron chi connectivity index (χ2n) is 4.36. The average Bonchev–Trinajstić information content (AvgIpc) is 2.92. The number of thiophene rings is 1. The van der Waals surface area contributed by atoms with Crippen LogP contribution in [-0.2, 0) is 33.6 Å². The van der Waals surface area contributed by atoms with Gasteiger partial charge in [-0.15, -0.1) is 11.3 Å². The van der Waals surface area contributed by atoms with Gasteiger partial charge >= 0.3 is 0 Å². The van der Waals surface area contributed by atoms with Crippen LogP contribution in [0, 0.1) is 6.92 Å². The molecule has 0 saturated heterocycles. The highest BCUT2D eigenvalue weighted by Crippen LogP contribution is 2.22. The molecule has 8 nitrogen and oxygen atoms in total. The van der Waals surface area contributed by atoms with Crippen molar-refractivity contribution < 1.29 is 16.8 Å². The van der Waals surface area contributed by atoms with Crippen LogP contribution in [0.15, 0.2) is 26.7 Å². The summed E-state index contributed by atoms with van der Waals surface area (Å²) in [6, 6.07) is 1.52. The fourth-order valence-corrected chi connectivity index (χ4v) is 4.87. The normalized spacial score (nSPS) is 12.7. The SMILES string of the molecule is Cc1nn(C)cc1S(=O)(=O)NCc1ccsc1S(N)(=O)=O. The number of hydrogen-bond donors (Lipinski definition) is 2. The van der Waals surface area contributed by atoms with Crippen LogP contribution in [0.3, 0.4) is 0 Å². The van der Waals surface area contributed by atoms with Crippen LogP contribution in [0.2, 0.25) is 0 Å². The number of hydrogen-bond acceptors (Lipinski definition) is 6. The van der Waals surface area contributed by atoms with E-state index >= 15 is 0 Å². The van der Waals surface area contributed by atoms with Crippen LogP contribution in [0.4, 0.5) is 0 Å². The summed E-state index contributed by atoms with van der Waals surface area (Å²) in [4.78, 5) is 0.0531. The number of primary sulfonamides is 1. The molecule has 2 aromatic heterocycles. The van der Waals surface area contributed by atoms with Crippen LogP contribution < -0.4 is 9.86 Å². The van der Waals surface area contributed by atoms with Crippen molar-refractivity contribution >= 4 is 31.4 Å². The Balaban J connectivity index is 2.24. The molecule has 0 saturated carbocycles. The molecule has 0 aliphatic carbocycles. The zero-order valence-electron chi connectivity index (χ0n) is 11.3. The highest BCUT2D eigenvalue weighted by atomic mass is 32.2. The third-order valence-corrected chi connectivity index (χ3v) is 6.69. The Bertz CT molecular complexity index is 864. The molecule has 0 aliphatic rings. The minimum absolute atomic E-state index is 0.0480. The van der Waals surface area contributed by atoms with E-state index in [-0.39, 0.29) is 15.6 Å². The van der Waals surface area contributed by atoms with Crippen molar-refractivity contribution in [3.05, 3.63) is 28.9 Å². The van der Waals surface area contributed by atoms with Gasteiger partial charge in [-0.1, -0.05) is 0 Å². The van der Waals surface area contributed by atoms with Crippen LogP contribution in [0.25, 0.3) is 0 Å². The third-order valence-electron chi connectivity index (χ3n) is 2.68. The predicted molar refractivity (Wildman–Crippen MR) is 77.7 cm³/mol. The van der Waals surface area contributed by atoms with Gasteiger partial charge in [0.1, 0.15) is 9.10 Å². The number of nitrogens with two attached hydrogens (primary N) is 1. The number of aromatic nitrogens is 2. The van der Waals surface area contributed by atoms with E-state index in [0.717, 1.165) is 11.3 Å². The van der Waals surface area contributed by atoms with Crippen LogP contribution >= 0.6 is 11.3 Å². The lowest BCUT2D eigenvalue weighted by molar-refractivity contribution is 0.578. The van der Waals surface area contributed by atoms with E-state index in [9.17, 15) is 16.8 Å². The average molecular weight is 350 g/mol. The minimum atomic E-state index is -3.86. The highest BCUT2D eigenvalue weighted by molar-refractivity contribution is 7.91. The number of nitrogens with zero attached hydrogens (tertiary/aromatic N) is 2. The Kier molecular flexibility index (Phi) is 4.22. The van der Waals surface area contributed by atoms with E-state index in [2.05, 4.69) is 9.82 Å². The minimum Gasteiger partial charge on any atom is -0.274 e. The Hall–Kier alpha value is -1.27. The van der Waals surface area contributed by atoms with Crippen molar-refractivity contribution in [1.29, 1.82) is 0 Å². The zero-order chi connectivity index (χ0) is 15.8. The van der Waals surface area contributed by atoms with Gasteiger partial charge in [-0.3, -0.25) is 4.68 Å². The van der Waals surface area contributed by atoms with Crippen molar-refractivity contribution in [1.82, 2.24) is 14.5 Å². The lowest BCUT2D eigenvalue weighted by Crippen LogP contribution is -2.24. The fourth-order valence-electron chi connectivity index (χ4n) is 1.79. The maximum absolute atomic E-state index is 12.2. The van der Waals surface area contributed by atoms with E-state index in [1.807, 2.05) is 0 Å². The van der Waals surface area contributed by atoms with E-state index in [1.165, 1.54) is 16.9 Å². The summed E-state index contributed by atoms with van der Waals surface area (Å²) in [5.41, 5.74) is 0.676. The number of sulfonamides is 2. The van der Waals surface area contributed by atoms with E-state index in [0.29, 0.717) is 11.3 Å². The van der Waals surface area contributed by atoms with Gasteiger partial charge in [-0.2, -0.15) is 5.10 Å². The molecule has 0 unspecified atom stereocenters. The van der Waals surface area contributed by atoms with E-state index in [4.69, 9.17) is 5.14 Å². The molecule has 116 valence electrons. The number of aryl methyl sites for hydroxylation is 2. The monoisotopic (exact) mass is 350 g/mol. The molecule has 2 heterocycles. The van der Waals surface area contributed by atoms with Crippen molar-refractivity contribution in [2.24, 2.45) is 12.2 Å². The summed E-state index contributed by atoms with van der Waals surface area (Å²) in [5.74, 6) is 0. The Morgan fingerprint density at radius 3 is 2.57 bits per heavy atom. The molecule has 0 radical (unpaired) electrons. The molecule has 2 aromatic rings. The number of rotatable bonds is 5. The smallest absolute Gasteiger partial charge is 0.247 e. The Labute approximate surface area is 126 Å². The highest BCUT2D eigenvalue weighted by Gasteiger charge is 2.22. The second kappa shape index (κ2) is 5.50. The van der Waals surface area contributed by atoms with Gasteiger partial charge in [0.05, 0.1) is 5.69 Å². The van der Waals surface area contributed by atoms with E-state index in [1.54, 1.807) is 19.4 Å². The first-order valence-electron chi connectivity index (χ1n) is 5.70. The van der Waals surface area contributed by atoms with Gasteiger partial charge < -0.3 is 0 Å². The number of nitrogens with one attached hydrogen (secondary N) is 1. The summed E-state index contributed by atoms with van der Waals surface area (Å²) < 4.78 is 50.8. The summed E-state index contributed by atoms with van der Waals surface area (Å²) in [5, 5.41) is 10.6. The Morgan fingerprint density at radius 1 is 1.38 bits per heavy atom. The van der Waals surface area contributed by atoms with Gasteiger partial charge in [0, 0.05) is 19.8 Å². The molecule has 0 bridgehead atoms. The molecular weight excluding hydrogens is 336 g/mol. The van der Waals surface area contributed by atoms with Gasteiger partial charge in [-0.05, 0) is 23.9 Å².